The van der Waals surface area contributed by atoms with Gasteiger partial charge in [0.25, 0.3) is 11.8 Å². The number of likely N-dealkylation sites (N-methyl/N-ethyl adjacent to an activating group) is 1. The molecule has 2 heterocycles. The SMILES string of the molecule is COCc1cc(C(=O)Nc2ccc(C)cc2OCCCCCC(=O)N2CCN(C)CC2)ccc1NC(=O)c1cccc2n[nH]nc12. The number of carbonyl (C=O) groups is 3. The van der Waals surface area contributed by atoms with E-state index in [4.69, 9.17) is 9.47 Å². The zero-order chi connectivity index (χ0) is 32.5. The van der Waals surface area contributed by atoms with Crippen molar-refractivity contribution in [3.8, 4) is 5.75 Å². The fourth-order valence-corrected chi connectivity index (χ4v) is 5.37. The van der Waals surface area contributed by atoms with Crippen LogP contribution in [0.15, 0.2) is 54.6 Å². The molecule has 1 aliphatic rings. The van der Waals surface area contributed by atoms with Crippen LogP contribution in [0, 0.1) is 6.92 Å². The van der Waals surface area contributed by atoms with Gasteiger partial charge in [0.05, 0.1) is 24.5 Å². The van der Waals surface area contributed by atoms with E-state index in [1.165, 1.54) is 0 Å². The van der Waals surface area contributed by atoms with E-state index in [0.29, 0.717) is 57.9 Å². The van der Waals surface area contributed by atoms with Gasteiger partial charge in [-0.1, -0.05) is 12.1 Å². The Bertz CT molecular complexity index is 1680. The summed E-state index contributed by atoms with van der Waals surface area (Å²) in [6.07, 6.45) is 3.06. The number of para-hydroxylation sites is 1. The number of aromatic amines is 1. The number of benzene rings is 3. The van der Waals surface area contributed by atoms with Crippen molar-refractivity contribution in [3.63, 3.8) is 0 Å². The molecule has 46 heavy (non-hydrogen) atoms. The van der Waals surface area contributed by atoms with Crippen LogP contribution in [0.2, 0.25) is 0 Å². The van der Waals surface area contributed by atoms with E-state index in [-0.39, 0.29) is 24.3 Å². The Morgan fingerprint density at radius 1 is 0.891 bits per heavy atom. The van der Waals surface area contributed by atoms with Crippen molar-refractivity contribution in [1.82, 2.24) is 25.2 Å². The maximum Gasteiger partial charge on any atom is 0.258 e. The van der Waals surface area contributed by atoms with Gasteiger partial charge in [0, 0.05) is 56.5 Å². The van der Waals surface area contributed by atoms with E-state index in [2.05, 4.69) is 38.0 Å². The predicted octanol–water partition coefficient (Wildman–Crippen LogP) is 4.63. The summed E-state index contributed by atoms with van der Waals surface area (Å²) in [5.41, 5.74) is 4.57. The smallest absolute Gasteiger partial charge is 0.258 e. The Hall–Kier alpha value is -4.81. The Morgan fingerprint density at radius 3 is 2.48 bits per heavy atom. The first-order chi connectivity index (χ1) is 22.3. The molecule has 1 aliphatic heterocycles. The summed E-state index contributed by atoms with van der Waals surface area (Å²) >= 11 is 0. The van der Waals surface area contributed by atoms with Gasteiger partial charge < -0.3 is 29.9 Å². The van der Waals surface area contributed by atoms with Crippen LogP contribution in [-0.2, 0) is 16.1 Å². The van der Waals surface area contributed by atoms with Crippen LogP contribution in [0.25, 0.3) is 11.0 Å². The van der Waals surface area contributed by atoms with E-state index in [1.54, 1.807) is 43.5 Å². The number of aromatic nitrogens is 3. The van der Waals surface area contributed by atoms with Crippen molar-refractivity contribution in [1.29, 1.82) is 0 Å². The number of carbonyl (C=O) groups excluding carboxylic acids is 3. The summed E-state index contributed by atoms with van der Waals surface area (Å²) < 4.78 is 11.5. The summed E-state index contributed by atoms with van der Waals surface area (Å²) in [5.74, 6) is 0.145. The number of amides is 3. The molecular formula is C34H41N7O5. The van der Waals surface area contributed by atoms with Gasteiger partial charge in [0.2, 0.25) is 5.91 Å². The molecule has 0 spiro atoms. The molecule has 0 saturated carbocycles. The number of H-pyrrole nitrogens is 1. The Balaban J connectivity index is 1.17. The molecule has 3 N–H and O–H groups in total. The highest BCUT2D eigenvalue weighted by molar-refractivity contribution is 6.12. The van der Waals surface area contributed by atoms with Gasteiger partial charge in [-0.05, 0) is 81.3 Å². The molecule has 0 atom stereocenters. The first-order valence-electron chi connectivity index (χ1n) is 15.6. The Morgan fingerprint density at radius 2 is 1.67 bits per heavy atom. The lowest BCUT2D eigenvalue weighted by molar-refractivity contribution is -0.132. The Kier molecular flexibility index (Phi) is 10.9. The molecule has 0 aliphatic carbocycles. The predicted molar refractivity (Wildman–Crippen MR) is 176 cm³/mol. The average Bonchev–Trinajstić information content (AvgIpc) is 3.54. The van der Waals surface area contributed by atoms with E-state index >= 15 is 0 Å². The maximum absolute atomic E-state index is 13.4. The lowest BCUT2D eigenvalue weighted by atomic mass is 10.1. The number of anilines is 2. The second kappa shape index (κ2) is 15.5. The molecule has 4 aromatic rings. The highest BCUT2D eigenvalue weighted by Crippen LogP contribution is 2.28. The standard InChI is InChI=1S/C34H41N7O5/c1-23-11-13-28(30(20-23)46-19-6-4-5-10-31(42)41-17-15-40(2)16-18-41)36-33(43)24-12-14-27(25(21-24)22-45-3)35-34(44)26-8-7-9-29-32(26)38-39-37-29/h7-9,11-14,20-21H,4-6,10,15-19,22H2,1-3H3,(H,35,44)(H,36,43)(H,37,38,39). The number of ether oxygens (including phenoxy) is 2. The van der Waals surface area contributed by atoms with Gasteiger partial charge in [-0.2, -0.15) is 15.4 Å². The third-order valence-electron chi connectivity index (χ3n) is 8.04. The van der Waals surface area contributed by atoms with Gasteiger partial charge in [-0.3, -0.25) is 14.4 Å². The maximum atomic E-state index is 13.4. The van der Waals surface area contributed by atoms with Crippen LogP contribution in [0.5, 0.6) is 5.75 Å². The van der Waals surface area contributed by atoms with Crippen molar-refractivity contribution in [2.75, 3.05) is 57.6 Å². The number of nitrogens with zero attached hydrogens (tertiary/aromatic N) is 4. The van der Waals surface area contributed by atoms with Gasteiger partial charge in [-0.15, -0.1) is 0 Å². The molecule has 0 unspecified atom stereocenters. The molecule has 0 bridgehead atoms. The third kappa shape index (κ3) is 8.26. The van der Waals surface area contributed by atoms with Gasteiger partial charge in [-0.25, -0.2) is 0 Å². The molecule has 12 heteroatoms. The minimum atomic E-state index is -0.350. The topological polar surface area (TPSA) is 142 Å². The zero-order valence-electron chi connectivity index (χ0n) is 26.6. The first kappa shape index (κ1) is 32.6. The van der Waals surface area contributed by atoms with Crippen LogP contribution >= 0.6 is 0 Å². The summed E-state index contributed by atoms with van der Waals surface area (Å²) in [5, 5.41) is 16.5. The summed E-state index contributed by atoms with van der Waals surface area (Å²) in [6, 6.07) is 15.9. The summed E-state index contributed by atoms with van der Waals surface area (Å²) in [7, 11) is 3.63. The molecule has 5 rings (SSSR count). The molecule has 242 valence electrons. The summed E-state index contributed by atoms with van der Waals surface area (Å²) in [6.45, 7) is 6.09. The normalized spacial score (nSPS) is 13.5. The Labute approximate surface area is 268 Å². The largest absolute Gasteiger partial charge is 0.491 e. The van der Waals surface area contributed by atoms with Crippen molar-refractivity contribution in [2.45, 2.75) is 39.2 Å². The van der Waals surface area contributed by atoms with Crippen molar-refractivity contribution < 1.29 is 23.9 Å². The van der Waals surface area contributed by atoms with Crippen LogP contribution in [0.3, 0.4) is 0 Å². The number of fused-ring (bicyclic) bond motifs is 1. The van der Waals surface area contributed by atoms with E-state index in [0.717, 1.165) is 51.0 Å². The fourth-order valence-electron chi connectivity index (χ4n) is 5.37. The van der Waals surface area contributed by atoms with E-state index < -0.39 is 0 Å². The number of nitrogens with one attached hydrogen (secondary N) is 3. The molecule has 1 aromatic heterocycles. The lowest BCUT2D eigenvalue weighted by Crippen LogP contribution is -2.47. The van der Waals surface area contributed by atoms with E-state index in [1.807, 2.05) is 30.0 Å². The number of methoxy groups -OCH3 is 1. The molecule has 3 amide bonds. The quantitative estimate of drug-likeness (QED) is 0.182. The minimum Gasteiger partial charge on any atom is -0.491 e. The fraction of sp³-hybridized carbons (Fsp3) is 0.382. The molecule has 0 radical (unpaired) electrons. The van der Waals surface area contributed by atoms with Gasteiger partial charge in [0.1, 0.15) is 16.8 Å². The van der Waals surface area contributed by atoms with Crippen molar-refractivity contribution >= 4 is 40.1 Å². The average molecular weight is 628 g/mol. The first-order valence-corrected chi connectivity index (χ1v) is 15.6. The molecule has 1 saturated heterocycles. The number of hydrogen-bond acceptors (Lipinski definition) is 8. The monoisotopic (exact) mass is 627 g/mol. The number of piperazine rings is 1. The second-order valence-electron chi connectivity index (χ2n) is 11.6. The minimum absolute atomic E-state index is 0.185. The van der Waals surface area contributed by atoms with Crippen LogP contribution < -0.4 is 15.4 Å². The van der Waals surface area contributed by atoms with Crippen LogP contribution in [0.4, 0.5) is 11.4 Å². The number of unbranched alkanes of at least 4 members (excludes halogenated alkanes) is 2. The van der Waals surface area contributed by atoms with Crippen LogP contribution in [-0.4, -0.2) is 89.9 Å². The van der Waals surface area contributed by atoms with Crippen LogP contribution in [0.1, 0.15) is 57.5 Å². The number of aryl methyl sites for hydroxylation is 1. The zero-order valence-corrected chi connectivity index (χ0v) is 26.6. The number of rotatable bonds is 13. The summed E-state index contributed by atoms with van der Waals surface area (Å²) in [4.78, 5) is 43.1. The van der Waals surface area contributed by atoms with Gasteiger partial charge in [0.15, 0.2) is 0 Å². The lowest BCUT2D eigenvalue weighted by Gasteiger charge is -2.32. The molecule has 12 nitrogen and oxygen atoms in total. The van der Waals surface area contributed by atoms with Gasteiger partial charge >= 0.3 is 0 Å². The molecule has 1 fully saturated rings. The number of hydrogen-bond donors (Lipinski definition) is 3. The third-order valence-corrected chi connectivity index (χ3v) is 8.04. The molecule has 3 aromatic carbocycles. The molecular weight excluding hydrogens is 586 g/mol. The highest BCUT2D eigenvalue weighted by atomic mass is 16.5. The van der Waals surface area contributed by atoms with Crippen molar-refractivity contribution in [3.05, 3.63) is 76.9 Å². The van der Waals surface area contributed by atoms with Crippen molar-refractivity contribution in [2.24, 2.45) is 0 Å². The van der Waals surface area contributed by atoms with E-state index in [9.17, 15) is 14.4 Å². The second-order valence-corrected chi connectivity index (χ2v) is 11.6. The highest BCUT2D eigenvalue weighted by Gasteiger charge is 2.19.